The van der Waals surface area contributed by atoms with E-state index in [1.807, 2.05) is 24.3 Å². The lowest BCUT2D eigenvalue weighted by molar-refractivity contribution is -0.128. The Morgan fingerprint density at radius 2 is 1.75 bits per heavy atom. The Labute approximate surface area is 144 Å². The number of hydrogen-bond donors (Lipinski definition) is 2. The van der Waals surface area contributed by atoms with Gasteiger partial charge in [-0.25, -0.2) is 0 Å². The molecular weight excluding hydrogens is 328 g/mol. The molecule has 2 aromatic rings. The normalized spacial score (nSPS) is 11.9. The number of amides is 2. The lowest BCUT2D eigenvalue weighted by Crippen LogP contribution is -2.43. The molecule has 24 heavy (non-hydrogen) atoms. The summed E-state index contributed by atoms with van der Waals surface area (Å²) in [6, 6.07) is 6.76. The fraction of sp³-hybridized carbons (Fsp3) is 0.375. The Kier molecular flexibility index (Phi) is 5.86. The van der Waals surface area contributed by atoms with Gasteiger partial charge in [0.25, 0.3) is 0 Å². The summed E-state index contributed by atoms with van der Waals surface area (Å²) in [5.41, 5.74) is 0.884. The van der Waals surface area contributed by atoms with Crippen LogP contribution in [0.15, 0.2) is 24.3 Å². The molecule has 2 amide bonds. The largest absolute Gasteiger partial charge is 0.497 e. The van der Waals surface area contributed by atoms with Crippen molar-refractivity contribution in [2.24, 2.45) is 5.92 Å². The van der Waals surface area contributed by atoms with Crippen LogP contribution in [0.5, 0.6) is 5.75 Å². The molecular formula is C16H20N4O3S. The number of nitrogens with zero attached hydrogens (tertiary/aromatic N) is 2. The molecule has 2 N–H and O–H groups in total. The number of carbonyl (C=O) groups excluding carboxylic acids is 2. The smallest absolute Gasteiger partial charge is 0.248 e. The van der Waals surface area contributed by atoms with Gasteiger partial charge in [0.2, 0.25) is 16.9 Å². The van der Waals surface area contributed by atoms with Crippen LogP contribution in [0.4, 0.5) is 5.13 Å². The summed E-state index contributed by atoms with van der Waals surface area (Å²) in [6.45, 7) is 5.17. The van der Waals surface area contributed by atoms with E-state index >= 15 is 0 Å². The van der Waals surface area contributed by atoms with Crippen LogP contribution in [0, 0.1) is 5.92 Å². The highest BCUT2D eigenvalue weighted by molar-refractivity contribution is 7.18. The van der Waals surface area contributed by atoms with Gasteiger partial charge in [0.05, 0.1) is 7.11 Å². The third kappa shape index (κ3) is 4.51. The van der Waals surface area contributed by atoms with Gasteiger partial charge in [-0.15, -0.1) is 10.2 Å². The predicted molar refractivity (Wildman–Crippen MR) is 93.0 cm³/mol. The molecule has 0 spiro atoms. The fourth-order valence-corrected chi connectivity index (χ4v) is 2.54. The molecule has 0 aliphatic heterocycles. The van der Waals surface area contributed by atoms with Crippen molar-refractivity contribution in [2.75, 3.05) is 12.4 Å². The number of nitrogens with one attached hydrogen (secondary N) is 2. The summed E-state index contributed by atoms with van der Waals surface area (Å²) >= 11 is 1.26. The average molecular weight is 348 g/mol. The highest BCUT2D eigenvalue weighted by atomic mass is 32.1. The lowest BCUT2D eigenvalue weighted by atomic mass is 10.2. The highest BCUT2D eigenvalue weighted by Gasteiger charge is 2.19. The van der Waals surface area contributed by atoms with Crippen molar-refractivity contribution in [3.63, 3.8) is 0 Å². The molecule has 0 unspecified atom stereocenters. The number of rotatable bonds is 6. The van der Waals surface area contributed by atoms with Crippen LogP contribution in [0.3, 0.4) is 0 Å². The monoisotopic (exact) mass is 348 g/mol. The molecule has 1 atom stereocenters. The first-order chi connectivity index (χ1) is 11.4. The van der Waals surface area contributed by atoms with E-state index in [0.29, 0.717) is 10.1 Å². The number of anilines is 1. The van der Waals surface area contributed by atoms with Crippen LogP contribution in [0.25, 0.3) is 10.6 Å². The maximum atomic E-state index is 12.1. The maximum absolute atomic E-state index is 12.1. The summed E-state index contributed by atoms with van der Waals surface area (Å²) in [4.78, 5) is 23.7. The van der Waals surface area contributed by atoms with Crippen molar-refractivity contribution in [1.29, 1.82) is 0 Å². The van der Waals surface area contributed by atoms with E-state index in [1.54, 1.807) is 27.9 Å². The molecule has 7 nitrogen and oxygen atoms in total. The Morgan fingerprint density at radius 1 is 1.08 bits per heavy atom. The molecule has 0 saturated carbocycles. The van der Waals surface area contributed by atoms with Crippen LogP contribution in [0.1, 0.15) is 20.8 Å². The first kappa shape index (κ1) is 17.9. The molecule has 0 radical (unpaired) electrons. The Hall–Kier alpha value is -2.48. The molecule has 2 rings (SSSR count). The zero-order chi connectivity index (χ0) is 17.7. The van der Waals surface area contributed by atoms with Gasteiger partial charge >= 0.3 is 0 Å². The summed E-state index contributed by atoms with van der Waals surface area (Å²) in [5, 5.41) is 14.4. The summed E-state index contributed by atoms with van der Waals surface area (Å²) in [5.74, 6) is 0.0743. The standard InChI is InChI=1S/C16H20N4O3S/c1-9(2)13(21)17-10(3)14(22)18-16-20-19-15(24-16)11-5-7-12(23-4)8-6-11/h5-10H,1-4H3,(H,17,21)(H,18,20,22)/t10-/m0/s1. The van der Waals surface area contributed by atoms with Crippen LogP contribution < -0.4 is 15.4 Å². The zero-order valence-electron chi connectivity index (χ0n) is 14.0. The van der Waals surface area contributed by atoms with Gasteiger partial charge in [0, 0.05) is 11.5 Å². The van der Waals surface area contributed by atoms with Gasteiger partial charge in [0.15, 0.2) is 0 Å². The van der Waals surface area contributed by atoms with Crippen LogP contribution >= 0.6 is 11.3 Å². The van der Waals surface area contributed by atoms with Gasteiger partial charge in [-0.1, -0.05) is 25.2 Å². The highest BCUT2D eigenvalue weighted by Crippen LogP contribution is 2.27. The minimum Gasteiger partial charge on any atom is -0.497 e. The van der Waals surface area contributed by atoms with Crippen molar-refractivity contribution in [1.82, 2.24) is 15.5 Å². The second-order valence-corrected chi connectivity index (χ2v) is 6.49. The third-order valence-corrected chi connectivity index (χ3v) is 4.16. The molecule has 0 aliphatic rings. The number of ether oxygens (including phenoxy) is 1. The van der Waals surface area contributed by atoms with Crippen LogP contribution in [0.2, 0.25) is 0 Å². The van der Waals surface area contributed by atoms with Gasteiger partial charge in [-0.3, -0.25) is 14.9 Å². The summed E-state index contributed by atoms with van der Waals surface area (Å²) in [7, 11) is 1.60. The molecule has 1 heterocycles. The number of aromatic nitrogens is 2. The number of benzene rings is 1. The van der Waals surface area contributed by atoms with Crippen molar-refractivity contribution >= 4 is 28.3 Å². The Morgan fingerprint density at radius 3 is 2.33 bits per heavy atom. The number of hydrogen-bond acceptors (Lipinski definition) is 6. The molecule has 1 aromatic heterocycles. The molecule has 0 fully saturated rings. The van der Waals surface area contributed by atoms with Crippen molar-refractivity contribution in [2.45, 2.75) is 26.8 Å². The van der Waals surface area contributed by atoms with E-state index in [4.69, 9.17) is 4.74 Å². The van der Waals surface area contributed by atoms with E-state index in [0.717, 1.165) is 11.3 Å². The van der Waals surface area contributed by atoms with Gasteiger partial charge in [-0.05, 0) is 31.2 Å². The second-order valence-electron chi connectivity index (χ2n) is 5.52. The van der Waals surface area contributed by atoms with Gasteiger partial charge < -0.3 is 10.1 Å². The molecule has 8 heteroatoms. The van der Waals surface area contributed by atoms with E-state index in [9.17, 15) is 9.59 Å². The molecule has 0 aliphatic carbocycles. The summed E-state index contributed by atoms with van der Waals surface area (Å²) in [6.07, 6.45) is 0. The molecule has 0 saturated heterocycles. The zero-order valence-corrected chi connectivity index (χ0v) is 14.8. The second kappa shape index (κ2) is 7.87. The topological polar surface area (TPSA) is 93.2 Å². The van der Waals surface area contributed by atoms with E-state index < -0.39 is 6.04 Å². The fourth-order valence-electron chi connectivity index (χ4n) is 1.78. The number of methoxy groups -OCH3 is 1. The van der Waals surface area contributed by atoms with E-state index in [1.165, 1.54) is 11.3 Å². The van der Waals surface area contributed by atoms with E-state index in [2.05, 4.69) is 20.8 Å². The van der Waals surface area contributed by atoms with Gasteiger partial charge in [-0.2, -0.15) is 0 Å². The first-order valence-electron chi connectivity index (χ1n) is 7.50. The lowest BCUT2D eigenvalue weighted by Gasteiger charge is -2.14. The first-order valence-corrected chi connectivity index (χ1v) is 8.31. The average Bonchev–Trinajstić information content (AvgIpc) is 3.03. The minimum absolute atomic E-state index is 0.172. The maximum Gasteiger partial charge on any atom is 0.248 e. The van der Waals surface area contributed by atoms with Crippen molar-refractivity contribution < 1.29 is 14.3 Å². The van der Waals surface area contributed by atoms with Crippen LogP contribution in [-0.2, 0) is 9.59 Å². The number of carbonyl (C=O) groups is 2. The quantitative estimate of drug-likeness (QED) is 0.835. The summed E-state index contributed by atoms with van der Waals surface area (Å²) < 4.78 is 5.11. The van der Waals surface area contributed by atoms with Crippen molar-refractivity contribution in [3.8, 4) is 16.3 Å². The SMILES string of the molecule is COc1ccc(-c2nnc(NC(=O)[C@H](C)NC(=O)C(C)C)s2)cc1. The van der Waals surface area contributed by atoms with E-state index in [-0.39, 0.29) is 17.7 Å². The Bertz CT molecular complexity index is 712. The van der Waals surface area contributed by atoms with Crippen LogP contribution in [-0.4, -0.2) is 35.2 Å². The predicted octanol–water partition coefficient (Wildman–Crippen LogP) is 2.31. The molecule has 0 bridgehead atoms. The Balaban J connectivity index is 2.00. The molecule has 1 aromatic carbocycles. The minimum atomic E-state index is -0.645. The third-order valence-electron chi connectivity index (χ3n) is 3.27. The molecule has 128 valence electrons. The van der Waals surface area contributed by atoms with Crippen molar-refractivity contribution in [3.05, 3.63) is 24.3 Å². The van der Waals surface area contributed by atoms with Gasteiger partial charge in [0.1, 0.15) is 16.8 Å².